The maximum absolute atomic E-state index is 14.1. The minimum Gasteiger partial charge on any atom is -0.494 e. The average molecular weight is 535 g/mol. The van der Waals surface area contributed by atoms with Crippen molar-refractivity contribution >= 4 is 23.1 Å². The van der Waals surface area contributed by atoms with Crippen LogP contribution in [0.1, 0.15) is 55.7 Å². The second-order valence-electron chi connectivity index (χ2n) is 9.82. The quantitative estimate of drug-likeness (QED) is 0.337. The number of ether oxygens (including phenoxy) is 1. The van der Waals surface area contributed by atoms with Gasteiger partial charge in [-0.3, -0.25) is 14.5 Å². The number of allylic oxidation sites excluding steroid dienone is 1. The summed E-state index contributed by atoms with van der Waals surface area (Å²) in [5.74, 6) is -1.89. The largest absolute Gasteiger partial charge is 0.494 e. The summed E-state index contributed by atoms with van der Waals surface area (Å²) in [6.07, 6.45) is -2.77. The molecule has 0 bridgehead atoms. The van der Waals surface area contributed by atoms with Gasteiger partial charge in [0.15, 0.2) is 5.78 Å². The van der Waals surface area contributed by atoms with E-state index in [1.165, 1.54) is 6.07 Å². The van der Waals surface area contributed by atoms with Gasteiger partial charge >= 0.3 is 12.1 Å². The summed E-state index contributed by atoms with van der Waals surface area (Å²) in [7, 11) is 0. The summed E-state index contributed by atoms with van der Waals surface area (Å²) in [4.78, 5) is 27.6. The molecule has 0 unspecified atom stereocenters. The molecule has 1 aliphatic heterocycles. The molecule has 3 aromatic carbocycles. The van der Waals surface area contributed by atoms with E-state index in [2.05, 4.69) is 5.32 Å². The van der Waals surface area contributed by atoms with Crippen LogP contribution >= 0.6 is 0 Å². The molecular weight excluding hydrogens is 505 g/mol. The molecule has 5 nitrogen and oxygen atoms in total. The third-order valence-electron chi connectivity index (χ3n) is 7.18. The van der Waals surface area contributed by atoms with Crippen molar-refractivity contribution in [3.8, 4) is 5.75 Å². The van der Waals surface area contributed by atoms with Crippen molar-refractivity contribution in [2.45, 2.75) is 50.7 Å². The standard InChI is InChI=1S/C31H29F3N2O3/c1-2-3-17-39-23-15-13-21(14-16-23)29-28-25(18-22(19-27(28)37)20-9-5-4-6-10-20)35-24-11-7-8-12-26(24)36(29)30(38)31(32,33)34/h4-16,22,29,35H,2-3,17-19H2,1H3/t22-,29-/m0/s1. The lowest BCUT2D eigenvalue weighted by Gasteiger charge is -2.35. The third-order valence-corrected chi connectivity index (χ3v) is 7.18. The zero-order valence-electron chi connectivity index (χ0n) is 21.5. The van der Waals surface area contributed by atoms with Gasteiger partial charge in [-0.2, -0.15) is 13.2 Å². The first-order valence-electron chi connectivity index (χ1n) is 13.1. The molecule has 0 saturated heterocycles. The zero-order valence-corrected chi connectivity index (χ0v) is 21.5. The number of carbonyl (C=O) groups excluding carboxylic acids is 2. The number of carbonyl (C=O) groups is 2. The van der Waals surface area contributed by atoms with Gasteiger partial charge in [-0.15, -0.1) is 0 Å². The molecule has 0 radical (unpaired) electrons. The van der Waals surface area contributed by atoms with E-state index in [4.69, 9.17) is 4.74 Å². The van der Waals surface area contributed by atoms with Crippen LogP contribution in [0, 0.1) is 0 Å². The molecule has 8 heteroatoms. The molecule has 202 valence electrons. The van der Waals surface area contributed by atoms with Gasteiger partial charge in [0, 0.05) is 17.7 Å². The molecular formula is C31H29F3N2O3. The average Bonchev–Trinajstić information content (AvgIpc) is 3.08. The summed E-state index contributed by atoms with van der Waals surface area (Å²) in [6, 6.07) is 21.3. The molecule has 3 aromatic rings. The topological polar surface area (TPSA) is 58.6 Å². The Hall–Kier alpha value is -4.07. The number of hydrogen-bond acceptors (Lipinski definition) is 4. The molecule has 0 aromatic heterocycles. The third kappa shape index (κ3) is 5.41. The van der Waals surface area contributed by atoms with E-state index in [1.807, 2.05) is 37.3 Å². The number of nitrogens with one attached hydrogen (secondary N) is 1. The summed E-state index contributed by atoms with van der Waals surface area (Å²) >= 11 is 0. The number of amides is 1. The number of hydrogen-bond donors (Lipinski definition) is 1. The highest BCUT2D eigenvalue weighted by Gasteiger charge is 2.49. The van der Waals surface area contributed by atoms with Crippen molar-refractivity contribution in [2.75, 3.05) is 16.8 Å². The van der Waals surface area contributed by atoms with E-state index in [0.717, 1.165) is 23.3 Å². The van der Waals surface area contributed by atoms with Gasteiger partial charge < -0.3 is 10.1 Å². The number of rotatable bonds is 6. The van der Waals surface area contributed by atoms with Crippen molar-refractivity contribution in [3.05, 3.63) is 101 Å². The fourth-order valence-corrected chi connectivity index (χ4v) is 5.31. The minimum absolute atomic E-state index is 0.0616. The van der Waals surface area contributed by atoms with E-state index in [0.29, 0.717) is 35.7 Å². The molecule has 1 aliphatic carbocycles. The lowest BCUT2D eigenvalue weighted by Crippen LogP contribution is -2.45. The Labute approximate surface area is 225 Å². The lowest BCUT2D eigenvalue weighted by molar-refractivity contribution is -0.170. The minimum atomic E-state index is -5.15. The Morgan fingerprint density at radius 3 is 2.33 bits per heavy atom. The first kappa shape index (κ1) is 26.5. The summed E-state index contributed by atoms with van der Waals surface area (Å²) in [5.41, 5.74) is 2.48. The van der Waals surface area contributed by atoms with Crippen molar-refractivity contribution in [2.24, 2.45) is 0 Å². The molecule has 0 saturated carbocycles. The lowest BCUT2D eigenvalue weighted by atomic mass is 9.78. The Morgan fingerprint density at radius 1 is 0.949 bits per heavy atom. The van der Waals surface area contributed by atoms with Crippen LogP contribution in [0.25, 0.3) is 0 Å². The number of alkyl halides is 3. The van der Waals surface area contributed by atoms with E-state index in [9.17, 15) is 22.8 Å². The van der Waals surface area contributed by atoms with Gasteiger partial charge in [0.2, 0.25) is 0 Å². The van der Waals surface area contributed by atoms with Crippen molar-refractivity contribution < 1.29 is 27.5 Å². The molecule has 1 amide bonds. The Morgan fingerprint density at radius 2 is 1.64 bits per heavy atom. The number of unbranched alkanes of at least 4 members (excludes halogenated alkanes) is 1. The summed E-state index contributed by atoms with van der Waals surface area (Å²) in [5, 5.41) is 3.25. The van der Waals surface area contributed by atoms with Crippen molar-refractivity contribution in [3.63, 3.8) is 0 Å². The molecule has 1 N–H and O–H groups in total. The SMILES string of the molecule is CCCCOc1ccc([C@H]2C3=C(C[C@H](c4ccccc4)CC3=O)Nc3ccccc3N2C(=O)C(F)(F)F)cc1. The zero-order chi connectivity index (χ0) is 27.6. The number of Topliss-reactive ketones (excluding diaryl/α,β-unsaturated/α-hetero) is 1. The summed E-state index contributed by atoms with van der Waals surface area (Å²) < 4.78 is 47.9. The van der Waals surface area contributed by atoms with E-state index in [1.54, 1.807) is 42.5 Å². The number of ketones is 1. The fourth-order valence-electron chi connectivity index (χ4n) is 5.31. The van der Waals surface area contributed by atoms with Crippen LogP contribution in [-0.4, -0.2) is 24.5 Å². The smallest absolute Gasteiger partial charge is 0.471 e. The molecule has 0 fully saturated rings. The van der Waals surface area contributed by atoms with Gasteiger partial charge in [0.25, 0.3) is 0 Å². The predicted molar refractivity (Wildman–Crippen MR) is 144 cm³/mol. The molecule has 39 heavy (non-hydrogen) atoms. The van der Waals surface area contributed by atoms with Gasteiger partial charge in [-0.25, -0.2) is 0 Å². The van der Waals surface area contributed by atoms with Gasteiger partial charge in [0.1, 0.15) is 5.75 Å². The second-order valence-corrected chi connectivity index (χ2v) is 9.82. The maximum atomic E-state index is 14.1. The Balaban J connectivity index is 1.66. The van der Waals surface area contributed by atoms with Crippen molar-refractivity contribution in [1.29, 1.82) is 0 Å². The van der Waals surface area contributed by atoms with Gasteiger partial charge in [0.05, 0.1) is 24.0 Å². The van der Waals surface area contributed by atoms with Crippen LogP contribution in [0.5, 0.6) is 5.75 Å². The Kier molecular flexibility index (Phi) is 7.46. The van der Waals surface area contributed by atoms with Gasteiger partial charge in [-0.1, -0.05) is 67.9 Å². The fraction of sp³-hybridized carbons (Fsp3) is 0.290. The number of halogens is 3. The highest BCUT2D eigenvalue weighted by molar-refractivity contribution is 6.07. The van der Waals surface area contributed by atoms with Crippen LogP contribution in [0.15, 0.2) is 90.1 Å². The van der Waals surface area contributed by atoms with E-state index in [-0.39, 0.29) is 29.4 Å². The number of anilines is 2. The molecule has 1 heterocycles. The monoisotopic (exact) mass is 534 g/mol. The van der Waals surface area contributed by atoms with Crippen LogP contribution in [0.2, 0.25) is 0 Å². The van der Waals surface area contributed by atoms with Gasteiger partial charge in [-0.05, 0) is 54.2 Å². The maximum Gasteiger partial charge on any atom is 0.471 e. The van der Waals surface area contributed by atoms with E-state index < -0.39 is 18.1 Å². The number of nitrogens with zero attached hydrogens (tertiary/aromatic N) is 1. The molecule has 2 atom stereocenters. The molecule has 5 rings (SSSR count). The number of benzene rings is 3. The number of para-hydroxylation sites is 2. The van der Waals surface area contributed by atoms with Crippen LogP contribution in [0.4, 0.5) is 24.5 Å². The number of fused-ring (bicyclic) bond motifs is 1. The predicted octanol–water partition coefficient (Wildman–Crippen LogP) is 7.33. The Bertz CT molecular complexity index is 1380. The summed E-state index contributed by atoms with van der Waals surface area (Å²) in [6.45, 7) is 2.56. The van der Waals surface area contributed by atoms with Crippen LogP contribution in [0.3, 0.4) is 0 Å². The van der Waals surface area contributed by atoms with Crippen LogP contribution in [-0.2, 0) is 9.59 Å². The highest BCUT2D eigenvalue weighted by Crippen LogP contribution is 2.48. The normalized spacial score (nSPS) is 19.1. The second kappa shape index (κ2) is 11.0. The first-order chi connectivity index (χ1) is 18.8. The van der Waals surface area contributed by atoms with Crippen LogP contribution < -0.4 is 15.0 Å². The van der Waals surface area contributed by atoms with Crippen molar-refractivity contribution in [1.82, 2.24) is 0 Å². The first-order valence-corrected chi connectivity index (χ1v) is 13.1. The molecule has 2 aliphatic rings. The molecule has 0 spiro atoms. The van der Waals surface area contributed by atoms with E-state index >= 15 is 0 Å². The highest BCUT2D eigenvalue weighted by atomic mass is 19.4.